The summed E-state index contributed by atoms with van der Waals surface area (Å²) in [6.07, 6.45) is 1.88. The number of nitrogens with one attached hydrogen (secondary N) is 1. The van der Waals surface area contributed by atoms with Crippen molar-refractivity contribution in [3.8, 4) is 0 Å². The van der Waals surface area contributed by atoms with Crippen LogP contribution in [0.5, 0.6) is 0 Å². The highest BCUT2D eigenvalue weighted by atomic mass is 16.1. The number of carbonyl (C=O) groups is 1. The van der Waals surface area contributed by atoms with Gasteiger partial charge >= 0.3 is 0 Å². The summed E-state index contributed by atoms with van der Waals surface area (Å²) >= 11 is 0. The molecule has 1 amide bonds. The molecule has 0 radical (unpaired) electrons. The molecule has 20 heavy (non-hydrogen) atoms. The Morgan fingerprint density at radius 3 is 2.70 bits per heavy atom. The van der Waals surface area contributed by atoms with Gasteiger partial charge in [0.1, 0.15) is 0 Å². The molecule has 1 saturated heterocycles. The van der Waals surface area contributed by atoms with Crippen LogP contribution in [0.15, 0.2) is 18.2 Å². The Hall–Kier alpha value is -1.35. The van der Waals surface area contributed by atoms with Crippen molar-refractivity contribution in [3.63, 3.8) is 0 Å². The van der Waals surface area contributed by atoms with Gasteiger partial charge in [0.2, 0.25) is 5.91 Å². The van der Waals surface area contributed by atoms with E-state index in [9.17, 15) is 4.79 Å². The average Bonchev–Trinajstić information content (AvgIpc) is 2.32. The Morgan fingerprint density at radius 1 is 1.35 bits per heavy atom. The highest BCUT2D eigenvalue weighted by Gasteiger charge is 2.37. The van der Waals surface area contributed by atoms with Crippen molar-refractivity contribution < 1.29 is 4.79 Å². The molecule has 1 fully saturated rings. The average molecular weight is 274 g/mol. The molecule has 2 rings (SSSR count). The Morgan fingerprint density at radius 2 is 2.05 bits per heavy atom. The standard InChI is InChI=1S/C17H26N2O/c1-10-5-6-11(2)14(7-10)9-15-16(17(18)20)12(3)8-13(4)19-15/h5-7,12-13,15-16,19H,8-9H2,1-4H3,(H2,18,20). The van der Waals surface area contributed by atoms with Crippen LogP contribution in [0.3, 0.4) is 0 Å². The van der Waals surface area contributed by atoms with Gasteiger partial charge in [-0.3, -0.25) is 4.79 Å². The lowest BCUT2D eigenvalue weighted by Gasteiger charge is -2.39. The molecule has 110 valence electrons. The van der Waals surface area contributed by atoms with Gasteiger partial charge in [-0.05, 0) is 50.7 Å². The van der Waals surface area contributed by atoms with Crippen LogP contribution < -0.4 is 11.1 Å². The monoisotopic (exact) mass is 274 g/mol. The number of primary amides is 1. The van der Waals surface area contributed by atoms with Crippen molar-refractivity contribution in [1.82, 2.24) is 5.32 Å². The minimum atomic E-state index is -0.174. The second kappa shape index (κ2) is 5.96. The van der Waals surface area contributed by atoms with E-state index in [0.29, 0.717) is 12.0 Å². The number of carbonyl (C=O) groups excluding carboxylic acids is 1. The molecule has 1 heterocycles. The van der Waals surface area contributed by atoms with Crippen molar-refractivity contribution >= 4 is 5.91 Å². The van der Waals surface area contributed by atoms with E-state index >= 15 is 0 Å². The number of aryl methyl sites for hydroxylation is 2. The molecule has 0 aromatic heterocycles. The third-order valence-corrected chi connectivity index (χ3v) is 4.54. The van der Waals surface area contributed by atoms with Gasteiger partial charge in [-0.1, -0.05) is 30.7 Å². The van der Waals surface area contributed by atoms with Crippen molar-refractivity contribution in [1.29, 1.82) is 0 Å². The molecule has 1 aliphatic rings. The summed E-state index contributed by atoms with van der Waals surface area (Å²) in [5, 5.41) is 3.57. The van der Waals surface area contributed by atoms with Gasteiger partial charge in [0, 0.05) is 12.1 Å². The number of benzene rings is 1. The second-order valence-electron chi connectivity index (χ2n) is 6.45. The van der Waals surface area contributed by atoms with E-state index in [1.54, 1.807) is 0 Å². The van der Waals surface area contributed by atoms with E-state index in [0.717, 1.165) is 12.8 Å². The second-order valence-corrected chi connectivity index (χ2v) is 6.45. The summed E-state index contributed by atoms with van der Waals surface area (Å²) in [6, 6.07) is 7.09. The first-order valence-corrected chi connectivity index (χ1v) is 7.50. The zero-order chi connectivity index (χ0) is 14.9. The fraction of sp³-hybridized carbons (Fsp3) is 0.588. The fourth-order valence-electron chi connectivity index (χ4n) is 3.56. The van der Waals surface area contributed by atoms with Crippen LogP contribution in [0, 0.1) is 25.7 Å². The lowest BCUT2D eigenvalue weighted by atomic mass is 9.76. The predicted molar refractivity (Wildman–Crippen MR) is 82.5 cm³/mol. The van der Waals surface area contributed by atoms with Gasteiger partial charge in [-0.25, -0.2) is 0 Å². The van der Waals surface area contributed by atoms with E-state index in [1.807, 2.05) is 0 Å². The number of hydrogen-bond donors (Lipinski definition) is 2. The highest BCUT2D eigenvalue weighted by Crippen LogP contribution is 2.29. The Labute approximate surface area is 121 Å². The van der Waals surface area contributed by atoms with Gasteiger partial charge < -0.3 is 11.1 Å². The fourth-order valence-corrected chi connectivity index (χ4v) is 3.56. The zero-order valence-corrected chi connectivity index (χ0v) is 12.9. The molecule has 3 heteroatoms. The quantitative estimate of drug-likeness (QED) is 0.889. The molecule has 0 aliphatic carbocycles. The molecule has 0 saturated carbocycles. The normalized spacial score (nSPS) is 30.2. The first-order valence-electron chi connectivity index (χ1n) is 7.50. The smallest absolute Gasteiger partial charge is 0.222 e. The molecule has 3 nitrogen and oxygen atoms in total. The SMILES string of the molecule is Cc1ccc(C)c(CC2NC(C)CC(C)C2C(N)=O)c1. The van der Waals surface area contributed by atoms with Gasteiger partial charge in [-0.2, -0.15) is 0 Å². The van der Waals surface area contributed by atoms with Gasteiger partial charge in [0.25, 0.3) is 0 Å². The largest absolute Gasteiger partial charge is 0.369 e. The first-order chi connectivity index (χ1) is 9.38. The van der Waals surface area contributed by atoms with Gasteiger partial charge in [-0.15, -0.1) is 0 Å². The molecular formula is C17H26N2O. The highest BCUT2D eigenvalue weighted by molar-refractivity contribution is 5.78. The Kier molecular flexibility index (Phi) is 4.48. The van der Waals surface area contributed by atoms with E-state index in [1.165, 1.54) is 16.7 Å². The third-order valence-electron chi connectivity index (χ3n) is 4.54. The molecule has 0 spiro atoms. The van der Waals surface area contributed by atoms with E-state index in [-0.39, 0.29) is 17.9 Å². The predicted octanol–water partition coefficient (Wildman–Crippen LogP) is 2.33. The molecule has 1 aromatic rings. The van der Waals surface area contributed by atoms with Crippen molar-refractivity contribution in [3.05, 3.63) is 34.9 Å². The van der Waals surface area contributed by atoms with Crippen LogP contribution in [0.2, 0.25) is 0 Å². The van der Waals surface area contributed by atoms with Crippen LogP contribution in [-0.4, -0.2) is 18.0 Å². The number of piperidine rings is 1. The zero-order valence-electron chi connectivity index (χ0n) is 12.9. The maximum Gasteiger partial charge on any atom is 0.222 e. The van der Waals surface area contributed by atoms with Crippen molar-refractivity contribution in [2.75, 3.05) is 0 Å². The van der Waals surface area contributed by atoms with Gasteiger partial charge in [0.05, 0.1) is 5.92 Å². The van der Waals surface area contributed by atoms with Gasteiger partial charge in [0.15, 0.2) is 0 Å². The summed E-state index contributed by atoms with van der Waals surface area (Å²) in [5.74, 6) is 0.0946. The van der Waals surface area contributed by atoms with Crippen LogP contribution in [0.25, 0.3) is 0 Å². The Balaban J connectivity index is 2.24. The minimum absolute atomic E-state index is 0.0777. The molecule has 4 atom stereocenters. The maximum absolute atomic E-state index is 11.8. The lowest BCUT2D eigenvalue weighted by Crippen LogP contribution is -2.55. The molecule has 0 bridgehead atoms. The number of amides is 1. The Bertz CT molecular complexity index is 498. The third kappa shape index (κ3) is 3.21. The number of rotatable bonds is 3. The van der Waals surface area contributed by atoms with Crippen LogP contribution in [0.4, 0.5) is 0 Å². The molecule has 3 N–H and O–H groups in total. The topological polar surface area (TPSA) is 55.1 Å². The minimum Gasteiger partial charge on any atom is -0.369 e. The summed E-state index contributed by atoms with van der Waals surface area (Å²) in [4.78, 5) is 11.8. The van der Waals surface area contributed by atoms with Crippen molar-refractivity contribution in [2.24, 2.45) is 17.6 Å². The van der Waals surface area contributed by atoms with Crippen LogP contribution in [0.1, 0.15) is 37.0 Å². The lowest BCUT2D eigenvalue weighted by molar-refractivity contribution is -0.125. The first kappa shape index (κ1) is 15.0. The van der Waals surface area contributed by atoms with Crippen LogP contribution >= 0.6 is 0 Å². The summed E-state index contributed by atoms with van der Waals surface area (Å²) in [7, 11) is 0. The number of hydrogen-bond acceptors (Lipinski definition) is 2. The van der Waals surface area contributed by atoms with E-state index < -0.39 is 0 Å². The molecular weight excluding hydrogens is 248 g/mol. The molecule has 1 aliphatic heterocycles. The van der Waals surface area contributed by atoms with Crippen LogP contribution in [-0.2, 0) is 11.2 Å². The van der Waals surface area contributed by atoms with E-state index in [4.69, 9.17) is 5.73 Å². The molecule has 4 unspecified atom stereocenters. The summed E-state index contributed by atoms with van der Waals surface area (Å²) < 4.78 is 0. The summed E-state index contributed by atoms with van der Waals surface area (Å²) in [6.45, 7) is 8.56. The van der Waals surface area contributed by atoms with Crippen molar-refractivity contribution in [2.45, 2.75) is 52.6 Å². The van der Waals surface area contributed by atoms with E-state index in [2.05, 4.69) is 51.2 Å². The maximum atomic E-state index is 11.8. The summed E-state index contributed by atoms with van der Waals surface area (Å²) in [5.41, 5.74) is 9.50. The number of nitrogens with two attached hydrogens (primary N) is 1. The molecule has 1 aromatic carbocycles.